The van der Waals surface area contributed by atoms with Gasteiger partial charge >= 0.3 is 5.97 Å². The van der Waals surface area contributed by atoms with E-state index in [2.05, 4.69) is 10.3 Å². The molecule has 3 aromatic carbocycles. The highest BCUT2D eigenvalue weighted by Gasteiger charge is 2.41. The Morgan fingerprint density at radius 1 is 1.03 bits per heavy atom. The SMILES string of the molecule is CCOC(=O)C1=C(C)N=C2SC=C(CC(=O)Nc3ccc(F)cc3)N2C1c1cccc(Oc2ccccc2)c1. The van der Waals surface area contributed by atoms with Crippen LogP contribution in [0.15, 0.2) is 106 Å². The van der Waals surface area contributed by atoms with Crippen LogP contribution in [0.4, 0.5) is 10.1 Å². The number of benzene rings is 3. The second kappa shape index (κ2) is 11.6. The van der Waals surface area contributed by atoms with Gasteiger partial charge in [-0.25, -0.2) is 14.2 Å². The average molecular weight is 544 g/mol. The summed E-state index contributed by atoms with van der Waals surface area (Å²) in [6.07, 6.45) is 0.0231. The number of para-hydroxylation sites is 1. The van der Waals surface area contributed by atoms with E-state index >= 15 is 0 Å². The lowest BCUT2D eigenvalue weighted by Gasteiger charge is -2.36. The maximum Gasteiger partial charge on any atom is 0.338 e. The molecule has 0 bridgehead atoms. The lowest BCUT2D eigenvalue weighted by atomic mass is 9.93. The fourth-order valence-electron chi connectivity index (χ4n) is 4.43. The largest absolute Gasteiger partial charge is 0.463 e. The first-order chi connectivity index (χ1) is 18.9. The molecular formula is C30H26FN3O4S. The van der Waals surface area contributed by atoms with Crippen LogP contribution in [0.3, 0.4) is 0 Å². The Kier molecular flexibility index (Phi) is 7.79. The van der Waals surface area contributed by atoms with E-state index < -0.39 is 12.0 Å². The molecule has 2 aliphatic rings. The normalized spacial score (nSPS) is 16.3. The summed E-state index contributed by atoms with van der Waals surface area (Å²) in [6.45, 7) is 3.76. The predicted octanol–water partition coefficient (Wildman–Crippen LogP) is 6.78. The number of allylic oxidation sites excluding steroid dienone is 1. The number of nitrogens with zero attached hydrogens (tertiary/aromatic N) is 2. The zero-order valence-corrected chi connectivity index (χ0v) is 22.2. The summed E-state index contributed by atoms with van der Waals surface area (Å²) in [4.78, 5) is 32.7. The molecule has 0 saturated carbocycles. The number of carbonyl (C=O) groups excluding carboxylic acids is 2. The first kappa shape index (κ1) is 26.2. The Bertz CT molecular complexity index is 1490. The van der Waals surface area contributed by atoms with Crippen molar-refractivity contribution in [2.24, 2.45) is 4.99 Å². The highest BCUT2D eigenvalue weighted by atomic mass is 32.2. The summed E-state index contributed by atoms with van der Waals surface area (Å²) in [6, 6.07) is 21.9. The number of hydrogen-bond donors (Lipinski definition) is 1. The summed E-state index contributed by atoms with van der Waals surface area (Å²) in [7, 11) is 0. The van der Waals surface area contributed by atoms with Gasteiger partial charge in [0.05, 0.1) is 30.3 Å². The van der Waals surface area contributed by atoms with Crippen LogP contribution in [0.5, 0.6) is 11.5 Å². The molecule has 1 N–H and O–H groups in total. The Morgan fingerprint density at radius 2 is 1.77 bits per heavy atom. The van der Waals surface area contributed by atoms with E-state index in [9.17, 15) is 14.0 Å². The fourth-order valence-corrected chi connectivity index (χ4v) is 5.39. The molecular weight excluding hydrogens is 517 g/mol. The number of halogens is 1. The van der Waals surface area contributed by atoms with E-state index in [1.165, 1.54) is 36.0 Å². The van der Waals surface area contributed by atoms with Crippen LogP contribution >= 0.6 is 11.8 Å². The maximum absolute atomic E-state index is 13.3. The van der Waals surface area contributed by atoms with Crippen molar-refractivity contribution in [2.75, 3.05) is 11.9 Å². The van der Waals surface area contributed by atoms with Gasteiger partial charge in [-0.05, 0) is 73.3 Å². The van der Waals surface area contributed by atoms with Crippen molar-refractivity contribution in [3.05, 3.63) is 113 Å². The number of hydrogen-bond acceptors (Lipinski definition) is 7. The van der Waals surface area contributed by atoms with Gasteiger partial charge in [-0.15, -0.1) is 0 Å². The first-order valence-corrected chi connectivity index (χ1v) is 13.3. The Balaban J connectivity index is 1.47. The smallest absolute Gasteiger partial charge is 0.338 e. The minimum absolute atomic E-state index is 0.0231. The molecule has 0 fully saturated rings. The lowest BCUT2D eigenvalue weighted by molar-refractivity contribution is -0.139. The minimum Gasteiger partial charge on any atom is -0.463 e. The third kappa shape index (κ3) is 5.88. The molecule has 0 aromatic heterocycles. The molecule has 0 spiro atoms. The number of nitrogens with one attached hydrogen (secondary N) is 1. The first-order valence-electron chi connectivity index (χ1n) is 12.4. The van der Waals surface area contributed by atoms with Crippen LogP contribution in [0.1, 0.15) is 31.9 Å². The number of rotatable bonds is 8. The standard InChI is InChI=1S/C30H26FN3O4S/c1-3-37-29(36)27-19(2)32-30-34(23(18-39-30)17-26(35)33-22-14-12-21(31)13-15-22)28(27)20-8-7-11-25(16-20)38-24-9-5-4-6-10-24/h4-16,18,28H,3,17H2,1-2H3,(H,33,35). The van der Waals surface area contributed by atoms with Crippen LogP contribution in [0.25, 0.3) is 0 Å². The summed E-state index contributed by atoms with van der Waals surface area (Å²) in [5.41, 5.74) is 2.89. The lowest BCUT2D eigenvalue weighted by Crippen LogP contribution is -2.37. The Hall–Kier alpha value is -4.37. The van der Waals surface area contributed by atoms with E-state index in [0.29, 0.717) is 39.3 Å². The van der Waals surface area contributed by atoms with E-state index in [-0.39, 0.29) is 24.8 Å². The zero-order chi connectivity index (χ0) is 27.4. The van der Waals surface area contributed by atoms with Gasteiger partial charge in [0.1, 0.15) is 17.3 Å². The van der Waals surface area contributed by atoms with Crippen LogP contribution in [0.2, 0.25) is 0 Å². The van der Waals surface area contributed by atoms with Crippen LogP contribution in [-0.2, 0) is 14.3 Å². The molecule has 39 heavy (non-hydrogen) atoms. The van der Waals surface area contributed by atoms with E-state index in [1.54, 1.807) is 13.8 Å². The van der Waals surface area contributed by atoms with Gasteiger partial charge in [0.15, 0.2) is 5.17 Å². The second-order valence-corrected chi connectivity index (χ2v) is 9.67. The minimum atomic E-state index is -0.587. The van der Waals surface area contributed by atoms with Crippen molar-refractivity contribution < 1.29 is 23.5 Å². The molecule has 5 rings (SSSR count). The topological polar surface area (TPSA) is 80.2 Å². The number of fused-ring (bicyclic) bond motifs is 1. The third-order valence-corrected chi connectivity index (χ3v) is 7.01. The van der Waals surface area contributed by atoms with Gasteiger partial charge in [0.2, 0.25) is 5.91 Å². The van der Waals surface area contributed by atoms with Crippen molar-refractivity contribution in [2.45, 2.75) is 26.3 Å². The number of amidine groups is 1. The van der Waals surface area contributed by atoms with Gasteiger partial charge in [0.25, 0.3) is 0 Å². The molecule has 198 valence electrons. The molecule has 3 aromatic rings. The van der Waals surface area contributed by atoms with Crippen LogP contribution in [0, 0.1) is 5.82 Å². The summed E-state index contributed by atoms with van der Waals surface area (Å²) >= 11 is 1.39. The van der Waals surface area contributed by atoms with Crippen LogP contribution < -0.4 is 10.1 Å². The number of thioether (sulfide) groups is 1. The molecule has 2 aliphatic heterocycles. The van der Waals surface area contributed by atoms with Gasteiger partial charge in [-0.1, -0.05) is 42.1 Å². The zero-order valence-electron chi connectivity index (χ0n) is 21.4. The molecule has 2 heterocycles. The molecule has 7 nitrogen and oxygen atoms in total. The highest BCUT2D eigenvalue weighted by molar-refractivity contribution is 8.16. The maximum atomic E-state index is 13.3. The molecule has 9 heteroatoms. The van der Waals surface area contributed by atoms with Crippen molar-refractivity contribution in [1.82, 2.24) is 4.90 Å². The van der Waals surface area contributed by atoms with Crippen molar-refractivity contribution >= 4 is 34.5 Å². The van der Waals surface area contributed by atoms with E-state index in [1.807, 2.05) is 64.9 Å². The third-order valence-electron chi connectivity index (χ3n) is 6.12. The number of anilines is 1. The van der Waals surface area contributed by atoms with Crippen molar-refractivity contribution in [3.8, 4) is 11.5 Å². The van der Waals surface area contributed by atoms with Gasteiger partial charge in [0, 0.05) is 11.4 Å². The molecule has 1 amide bonds. The monoisotopic (exact) mass is 543 g/mol. The summed E-state index contributed by atoms with van der Waals surface area (Å²) < 4.78 is 24.8. The number of carbonyl (C=O) groups is 2. The number of ether oxygens (including phenoxy) is 2. The Labute approximate surface area is 230 Å². The quantitative estimate of drug-likeness (QED) is 0.315. The number of amides is 1. The average Bonchev–Trinajstić information content (AvgIpc) is 3.31. The van der Waals surface area contributed by atoms with Gasteiger partial charge < -0.3 is 19.7 Å². The molecule has 0 saturated heterocycles. The summed E-state index contributed by atoms with van der Waals surface area (Å²) in [5.74, 6) is 0.164. The van der Waals surface area contributed by atoms with Crippen molar-refractivity contribution in [3.63, 3.8) is 0 Å². The number of esters is 1. The molecule has 1 unspecified atom stereocenters. The molecule has 0 radical (unpaired) electrons. The number of aliphatic imine (C=N–C) groups is 1. The van der Waals surface area contributed by atoms with Gasteiger partial charge in [-0.2, -0.15) is 0 Å². The summed E-state index contributed by atoms with van der Waals surface area (Å²) in [5, 5.41) is 5.32. The van der Waals surface area contributed by atoms with Crippen LogP contribution in [-0.4, -0.2) is 28.6 Å². The van der Waals surface area contributed by atoms with E-state index in [0.717, 1.165) is 5.56 Å². The fraction of sp³-hybridized carbons (Fsp3) is 0.167. The molecule has 0 aliphatic carbocycles. The predicted molar refractivity (Wildman–Crippen MR) is 150 cm³/mol. The second-order valence-electron chi connectivity index (χ2n) is 8.83. The Morgan fingerprint density at radius 3 is 2.51 bits per heavy atom. The van der Waals surface area contributed by atoms with Crippen molar-refractivity contribution in [1.29, 1.82) is 0 Å². The van der Waals surface area contributed by atoms with Gasteiger partial charge in [-0.3, -0.25) is 4.79 Å². The highest BCUT2D eigenvalue weighted by Crippen LogP contribution is 2.45. The van der Waals surface area contributed by atoms with E-state index in [4.69, 9.17) is 9.47 Å². The molecule has 1 atom stereocenters.